The Morgan fingerprint density at radius 3 is 2.44 bits per heavy atom. The average molecular weight is 440 g/mol. The number of hydrogen-bond acceptors (Lipinski definition) is 3. The first-order valence-electron chi connectivity index (χ1n) is 11.5. The van der Waals surface area contributed by atoms with Crippen LogP contribution in [-0.2, 0) is 11.3 Å². The molecule has 0 radical (unpaired) electrons. The van der Waals surface area contributed by atoms with Crippen LogP contribution in [0, 0.1) is 18.7 Å². The number of benzene rings is 2. The van der Waals surface area contributed by atoms with Gasteiger partial charge in [0.15, 0.2) is 0 Å². The second kappa shape index (κ2) is 11.2. The molecule has 2 amide bonds. The fourth-order valence-corrected chi connectivity index (χ4v) is 4.33. The average Bonchev–Trinajstić information content (AvgIpc) is 3.32. The Labute approximate surface area is 190 Å². The number of amides is 2. The van der Waals surface area contributed by atoms with Crippen LogP contribution in [0.15, 0.2) is 42.5 Å². The Morgan fingerprint density at radius 2 is 1.78 bits per heavy atom. The monoisotopic (exact) mass is 439 g/mol. The highest BCUT2D eigenvalue weighted by Gasteiger charge is 2.26. The molecule has 0 aliphatic heterocycles. The second-order valence-electron chi connectivity index (χ2n) is 8.69. The molecule has 6 heteroatoms. The zero-order valence-corrected chi connectivity index (χ0v) is 19.4. The van der Waals surface area contributed by atoms with Crippen molar-refractivity contribution in [2.75, 3.05) is 32.0 Å². The van der Waals surface area contributed by atoms with Gasteiger partial charge in [0.2, 0.25) is 5.91 Å². The van der Waals surface area contributed by atoms with Crippen LogP contribution < -0.4 is 5.32 Å². The lowest BCUT2D eigenvalue weighted by atomic mass is 10.0. The van der Waals surface area contributed by atoms with Gasteiger partial charge in [-0.25, -0.2) is 4.39 Å². The molecule has 3 rings (SSSR count). The number of hydrogen-bond donors (Lipinski definition) is 1. The minimum Gasteiger partial charge on any atom is -0.341 e. The van der Waals surface area contributed by atoms with E-state index in [-0.39, 0.29) is 23.5 Å². The minimum atomic E-state index is -0.381. The van der Waals surface area contributed by atoms with E-state index in [0.29, 0.717) is 37.4 Å². The van der Waals surface area contributed by atoms with Gasteiger partial charge in [-0.3, -0.25) is 9.59 Å². The molecule has 2 aromatic rings. The van der Waals surface area contributed by atoms with Crippen molar-refractivity contribution >= 4 is 17.5 Å². The maximum Gasteiger partial charge on any atom is 0.255 e. The molecule has 172 valence electrons. The summed E-state index contributed by atoms with van der Waals surface area (Å²) in [5.41, 5.74) is 2.67. The van der Waals surface area contributed by atoms with E-state index in [1.165, 1.54) is 12.1 Å². The third-order valence-corrected chi connectivity index (χ3v) is 6.35. The van der Waals surface area contributed by atoms with Crippen LogP contribution in [0.5, 0.6) is 0 Å². The molecule has 5 nitrogen and oxygen atoms in total. The zero-order chi connectivity index (χ0) is 23.1. The van der Waals surface area contributed by atoms with E-state index in [4.69, 9.17) is 0 Å². The zero-order valence-electron chi connectivity index (χ0n) is 19.4. The van der Waals surface area contributed by atoms with Crippen molar-refractivity contribution in [1.29, 1.82) is 0 Å². The van der Waals surface area contributed by atoms with E-state index in [1.807, 2.05) is 31.9 Å². The molecule has 0 atom stereocenters. The number of nitrogens with one attached hydrogen (secondary N) is 1. The predicted octanol–water partition coefficient (Wildman–Crippen LogP) is 4.86. The van der Waals surface area contributed by atoms with Gasteiger partial charge >= 0.3 is 0 Å². The van der Waals surface area contributed by atoms with Gasteiger partial charge in [0, 0.05) is 43.3 Å². The van der Waals surface area contributed by atoms with Gasteiger partial charge in [-0.05, 0) is 69.1 Å². The molecular formula is C26H34FN3O2. The molecule has 1 aliphatic rings. The van der Waals surface area contributed by atoms with E-state index < -0.39 is 0 Å². The van der Waals surface area contributed by atoms with Crippen molar-refractivity contribution in [3.05, 3.63) is 65.0 Å². The number of nitrogens with zero attached hydrogens (tertiary/aromatic N) is 2. The highest BCUT2D eigenvalue weighted by atomic mass is 19.1. The summed E-state index contributed by atoms with van der Waals surface area (Å²) in [5, 5.41) is 2.84. The number of rotatable bonds is 9. The fraction of sp³-hybridized carbons (Fsp3) is 0.462. The van der Waals surface area contributed by atoms with Gasteiger partial charge in [-0.1, -0.05) is 31.0 Å². The SMILES string of the molecule is CCN(CCN(C)Cc1cc(F)cc(NC(=O)c2ccccc2)c1C)C(=O)C1CCCC1. The third-order valence-electron chi connectivity index (χ3n) is 6.35. The Kier molecular flexibility index (Phi) is 8.39. The summed E-state index contributed by atoms with van der Waals surface area (Å²) in [6, 6.07) is 11.8. The lowest BCUT2D eigenvalue weighted by Gasteiger charge is -2.27. The summed E-state index contributed by atoms with van der Waals surface area (Å²) in [6.07, 6.45) is 4.31. The summed E-state index contributed by atoms with van der Waals surface area (Å²) in [5.74, 6) is -0.190. The van der Waals surface area contributed by atoms with Crippen LogP contribution in [0.25, 0.3) is 0 Å². The maximum absolute atomic E-state index is 14.3. The smallest absolute Gasteiger partial charge is 0.255 e. The predicted molar refractivity (Wildman–Crippen MR) is 126 cm³/mol. The van der Waals surface area contributed by atoms with Crippen LogP contribution in [0.4, 0.5) is 10.1 Å². The molecule has 1 aliphatic carbocycles. The van der Waals surface area contributed by atoms with E-state index >= 15 is 0 Å². The first-order valence-corrected chi connectivity index (χ1v) is 11.5. The van der Waals surface area contributed by atoms with Gasteiger partial charge in [-0.2, -0.15) is 0 Å². The van der Waals surface area contributed by atoms with Crippen LogP contribution in [-0.4, -0.2) is 48.3 Å². The van der Waals surface area contributed by atoms with E-state index in [1.54, 1.807) is 24.3 Å². The highest BCUT2D eigenvalue weighted by molar-refractivity contribution is 6.04. The van der Waals surface area contributed by atoms with Gasteiger partial charge in [0.25, 0.3) is 5.91 Å². The van der Waals surface area contributed by atoms with Gasteiger partial charge in [0.1, 0.15) is 5.82 Å². The largest absolute Gasteiger partial charge is 0.341 e. The molecule has 0 aromatic heterocycles. The van der Waals surface area contributed by atoms with E-state index in [9.17, 15) is 14.0 Å². The molecule has 0 bridgehead atoms. The molecular weight excluding hydrogens is 405 g/mol. The van der Waals surface area contributed by atoms with Crippen molar-refractivity contribution < 1.29 is 14.0 Å². The number of likely N-dealkylation sites (N-methyl/N-ethyl adjacent to an activating group) is 2. The fourth-order valence-electron chi connectivity index (χ4n) is 4.33. The molecule has 0 unspecified atom stereocenters. The van der Waals surface area contributed by atoms with Crippen LogP contribution in [0.1, 0.15) is 54.1 Å². The van der Waals surface area contributed by atoms with Gasteiger partial charge in [-0.15, -0.1) is 0 Å². The Balaban J connectivity index is 1.62. The molecule has 32 heavy (non-hydrogen) atoms. The number of halogens is 1. The van der Waals surface area contributed by atoms with Crippen molar-refractivity contribution in [3.63, 3.8) is 0 Å². The van der Waals surface area contributed by atoms with E-state index in [2.05, 4.69) is 10.2 Å². The van der Waals surface area contributed by atoms with Gasteiger partial charge in [0.05, 0.1) is 0 Å². The van der Waals surface area contributed by atoms with Crippen LogP contribution in [0.3, 0.4) is 0 Å². The second-order valence-corrected chi connectivity index (χ2v) is 8.69. The first-order chi connectivity index (χ1) is 15.4. The summed E-state index contributed by atoms with van der Waals surface area (Å²) < 4.78 is 14.3. The number of anilines is 1. The minimum absolute atomic E-state index is 0.182. The molecule has 0 heterocycles. The number of carbonyl (C=O) groups excluding carboxylic acids is 2. The van der Waals surface area contributed by atoms with Crippen molar-refractivity contribution in [3.8, 4) is 0 Å². The van der Waals surface area contributed by atoms with Crippen molar-refractivity contribution in [2.24, 2.45) is 5.92 Å². The quantitative estimate of drug-likeness (QED) is 0.607. The van der Waals surface area contributed by atoms with E-state index in [0.717, 1.165) is 36.8 Å². The molecule has 0 saturated heterocycles. The molecule has 1 saturated carbocycles. The molecule has 1 fully saturated rings. The van der Waals surface area contributed by atoms with Crippen molar-refractivity contribution in [2.45, 2.75) is 46.1 Å². The Bertz CT molecular complexity index is 926. The lowest BCUT2D eigenvalue weighted by molar-refractivity contribution is -0.135. The third kappa shape index (κ3) is 6.16. The Morgan fingerprint density at radius 1 is 1.09 bits per heavy atom. The summed E-state index contributed by atoms with van der Waals surface area (Å²) in [6.45, 7) is 6.52. The van der Waals surface area contributed by atoms with Crippen LogP contribution in [0.2, 0.25) is 0 Å². The topological polar surface area (TPSA) is 52.6 Å². The van der Waals surface area contributed by atoms with Crippen molar-refractivity contribution in [1.82, 2.24) is 9.80 Å². The highest BCUT2D eigenvalue weighted by Crippen LogP contribution is 2.27. The Hall–Kier alpha value is -2.73. The molecule has 2 aromatic carbocycles. The summed E-state index contributed by atoms with van der Waals surface area (Å²) >= 11 is 0. The summed E-state index contributed by atoms with van der Waals surface area (Å²) in [4.78, 5) is 29.3. The normalized spacial score (nSPS) is 14.0. The van der Waals surface area contributed by atoms with Crippen LogP contribution >= 0.6 is 0 Å². The number of carbonyl (C=O) groups is 2. The standard InChI is InChI=1S/C26H34FN3O2/c1-4-30(26(32)21-12-8-9-13-21)15-14-29(3)18-22-16-23(27)17-24(19(22)2)28-25(31)20-10-6-5-7-11-20/h5-7,10-11,16-17,21H,4,8-9,12-15,18H2,1-3H3,(H,28,31). The lowest BCUT2D eigenvalue weighted by Crippen LogP contribution is -2.40. The maximum atomic E-state index is 14.3. The first kappa shape index (κ1) is 23.9. The van der Waals surface area contributed by atoms with Gasteiger partial charge < -0.3 is 15.1 Å². The molecule has 0 spiro atoms. The summed E-state index contributed by atoms with van der Waals surface area (Å²) in [7, 11) is 1.97. The molecule has 1 N–H and O–H groups in total.